The Morgan fingerprint density at radius 1 is 1.44 bits per heavy atom. The third-order valence-corrected chi connectivity index (χ3v) is 4.57. The minimum absolute atomic E-state index is 0.132. The summed E-state index contributed by atoms with van der Waals surface area (Å²) in [6.45, 7) is 6.57. The van der Waals surface area contributed by atoms with Gasteiger partial charge in [-0.15, -0.1) is 0 Å². The fourth-order valence-corrected chi connectivity index (χ4v) is 3.34. The van der Waals surface area contributed by atoms with Gasteiger partial charge < -0.3 is 5.32 Å². The fraction of sp³-hybridized carbons (Fsp3) is 0.545. The third-order valence-electron chi connectivity index (χ3n) is 2.93. The lowest BCUT2D eigenvalue weighted by molar-refractivity contribution is 0.590. The Morgan fingerprint density at radius 3 is 2.75 bits per heavy atom. The number of nitrogens with zero attached hydrogens (tertiary/aromatic N) is 1. The summed E-state index contributed by atoms with van der Waals surface area (Å²) in [4.78, 5) is 4.10. The number of fused-ring (bicyclic) bond motifs is 1. The van der Waals surface area contributed by atoms with E-state index in [2.05, 4.69) is 24.1 Å². The van der Waals surface area contributed by atoms with Gasteiger partial charge in [-0.3, -0.25) is 0 Å². The second kappa shape index (κ2) is 3.73. The van der Waals surface area contributed by atoms with Gasteiger partial charge in [0, 0.05) is 12.7 Å². The summed E-state index contributed by atoms with van der Waals surface area (Å²) < 4.78 is 23.6. The van der Waals surface area contributed by atoms with Gasteiger partial charge in [0.25, 0.3) is 0 Å². The molecule has 1 aromatic heterocycles. The van der Waals surface area contributed by atoms with Gasteiger partial charge in [-0.25, -0.2) is 13.4 Å². The molecule has 1 aliphatic heterocycles. The minimum atomic E-state index is -3.18. The molecule has 16 heavy (non-hydrogen) atoms. The first-order valence-electron chi connectivity index (χ1n) is 5.39. The van der Waals surface area contributed by atoms with Crippen LogP contribution in [0.2, 0.25) is 0 Å². The third kappa shape index (κ3) is 1.69. The average Bonchev–Trinajstić information content (AvgIpc) is 2.18. The van der Waals surface area contributed by atoms with E-state index in [0.717, 1.165) is 11.1 Å². The van der Waals surface area contributed by atoms with Crippen LogP contribution in [0.25, 0.3) is 0 Å². The van der Waals surface area contributed by atoms with Crippen molar-refractivity contribution in [3.8, 4) is 0 Å². The molecule has 0 aromatic carbocycles. The standard InChI is InChI=1S/C11H16N2O2S/c1-7(2)9-6-13-11-10(8(9)3)12-4-5-16(11,14)15/h6-7,12H,4-5H2,1-3H3. The van der Waals surface area contributed by atoms with Gasteiger partial charge >= 0.3 is 0 Å². The van der Waals surface area contributed by atoms with E-state index in [-0.39, 0.29) is 10.8 Å². The van der Waals surface area contributed by atoms with Gasteiger partial charge in [0.2, 0.25) is 0 Å². The van der Waals surface area contributed by atoms with Crippen LogP contribution in [0, 0.1) is 6.92 Å². The highest BCUT2D eigenvalue weighted by atomic mass is 32.2. The van der Waals surface area contributed by atoms with Crippen LogP contribution >= 0.6 is 0 Å². The SMILES string of the molecule is Cc1c(C(C)C)cnc2c1NCCS2(=O)=O. The quantitative estimate of drug-likeness (QED) is 0.812. The second-order valence-corrected chi connectivity index (χ2v) is 6.44. The lowest BCUT2D eigenvalue weighted by Gasteiger charge is -2.22. The molecule has 0 amide bonds. The van der Waals surface area contributed by atoms with E-state index < -0.39 is 9.84 Å². The van der Waals surface area contributed by atoms with Gasteiger partial charge in [-0.1, -0.05) is 13.8 Å². The lowest BCUT2D eigenvalue weighted by atomic mass is 9.99. The Morgan fingerprint density at radius 2 is 2.12 bits per heavy atom. The van der Waals surface area contributed by atoms with Crippen LogP contribution < -0.4 is 5.32 Å². The molecule has 0 unspecified atom stereocenters. The van der Waals surface area contributed by atoms with Gasteiger partial charge in [0.15, 0.2) is 14.9 Å². The number of aromatic nitrogens is 1. The summed E-state index contributed by atoms with van der Waals surface area (Å²) in [5.41, 5.74) is 2.80. The number of anilines is 1. The predicted octanol–water partition coefficient (Wildman–Crippen LogP) is 1.71. The van der Waals surface area contributed by atoms with Crippen molar-refractivity contribution in [3.63, 3.8) is 0 Å². The predicted molar refractivity (Wildman–Crippen MR) is 63.6 cm³/mol. The van der Waals surface area contributed by atoms with E-state index in [4.69, 9.17) is 0 Å². The maximum atomic E-state index is 11.8. The van der Waals surface area contributed by atoms with Crippen molar-refractivity contribution in [2.75, 3.05) is 17.6 Å². The zero-order valence-electron chi connectivity index (χ0n) is 9.74. The molecule has 2 heterocycles. The maximum Gasteiger partial charge on any atom is 0.199 e. The summed E-state index contributed by atoms with van der Waals surface area (Å²) in [6.07, 6.45) is 1.68. The number of rotatable bonds is 1. The Labute approximate surface area is 96.0 Å². The first-order valence-corrected chi connectivity index (χ1v) is 7.05. The molecule has 1 aliphatic rings. The molecule has 88 valence electrons. The summed E-state index contributed by atoms with van der Waals surface area (Å²) >= 11 is 0. The van der Waals surface area contributed by atoms with Crippen molar-refractivity contribution < 1.29 is 8.42 Å². The fourth-order valence-electron chi connectivity index (χ4n) is 2.03. The molecule has 0 fully saturated rings. The molecule has 0 spiro atoms. The van der Waals surface area contributed by atoms with Crippen molar-refractivity contribution in [3.05, 3.63) is 17.3 Å². The van der Waals surface area contributed by atoms with E-state index in [1.165, 1.54) is 0 Å². The molecule has 1 aromatic rings. The Hall–Kier alpha value is -1.10. The highest BCUT2D eigenvalue weighted by molar-refractivity contribution is 7.91. The topological polar surface area (TPSA) is 59.1 Å². The van der Waals surface area contributed by atoms with Crippen molar-refractivity contribution in [1.29, 1.82) is 0 Å². The van der Waals surface area contributed by atoms with Gasteiger partial charge in [-0.2, -0.15) is 0 Å². The number of nitrogens with one attached hydrogen (secondary N) is 1. The maximum absolute atomic E-state index is 11.8. The molecular weight excluding hydrogens is 224 g/mol. The minimum Gasteiger partial charge on any atom is -0.381 e. The summed E-state index contributed by atoms with van der Waals surface area (Å²) in [5, 5.41) is 3.35. The average molecular weight is 240 g/mol. The van der Waals surface area contributed by atoms with Gasteiger partial charge in [0.05, 0.1) is 11.4 Å². The van der Waals surface area contributed by atoms with E-state index >= 15 is 0 Å². The van der Waals surface area contributed by atoms with E-state index in [1.807, 2.05) is 6.92 Å². The first-order chi connectivity index (χ1) is 7.43. The van der Waals surface area contributed by atoms with Crippen LogP contribution in [0.4, 0.5) is 5.69 Å². The second-order valence-electron chi connectivity index (χ2n) is 4.42. The summed E-state index contributed by atoms with van der Waals surface area (Å²) in [6, 6.07) is 0. The van der Waals surface area contributed by atoms with E-state index in [9.17, 15) is 8.42 Å². The van der Waals surface area contributed by atoms with Crippen LogP contribution in [0.1, 0.15) is 30.9 Å². The number of hydrogen-bond donors (Lipinski definition) is 1. The number of pyridine rings is 1. The molecule has 0 saturated carbocycles. The number of sulfone groups is 1. The highest BCUT2D eigenvalue weighted by Crippen LogP contribution is 2.32. The largest absolute Gasteiger partial charge is 0.381 e. The molecule has 0 radical (unpaired) electrons. The molecule has 0 atom stereocenters. The van der Waals surface area contributed by atoms with Crippen molar-refractivity contribution in [2.24, 2.45) is 0 Å². The molecule has 2 rings (SSSR count). The molecular formula is C11H16N2O2S. The van der Waals surface area contributed by atoms with Crippen molar-refractivity contribution in [1.82, 2.24) is 4.98 Å². The van der Waals surface area contributed by atoms with Crippen molar-refractivity contribution >= 4 is 15.5 Å². The molecule has 0 aliphatic carbocycles. The summed E-state index contributed by atoms with van der Waals surface area (Å²) in [5.74, 6) is 0.484. The van der Waals surface area contributed by atoms with E-state index in [0.29, 0.717) is 18.2 Å². The monoisotopic (exact) mass is 240 g/mol. The normalized spacial score (nSPS) is 18.0. The Bertz CT molecular complexity index is 521. The van der Waals surface area contributed by atoms with Crippen molar-refractivity contribution in [2.45, 2.75) is 31.7 Å². The molecule has 1 N–H and O–H groups in total. The molecule has 5 heteroatoms. The van der Waals surface area contributed by atoms with Crippen LogP contribution in [-0.4, -0.2) is 25.7 Å². The van der Waals surface area contributed by atoms with Gasteiger partial charge in [0.1, 0.15) is 0 Å². The number of hydrogen-bond acceptors (Lipinski definition) is 4. The molecule has 4 nitrogen and oxygen atoms in total. The zero-order valence-corrected chi connectivity index (χ0v) is 10.6. The Kier molecular flexibility index (Phi) is 2.66. The van der Waals surface area contributed by atoms with Crippen LogP contribution in [0.5, 0.6) is 0 Å². The Balaban J connectivity index is 2.67. The first kappa shape index (κ1) is 11.4. The lowest BCUT2D eigenvalue weighted by Crippen LogP contribution is -2.25. The smallest absolute Gasteiger partial charge is 0.199 e. The summed E-state index contributed by atoms with van der Waals surface area (Å²) in [7, 11) is -3.18. The molecule has 0 saturated heterocycles. The highest BCUT2D eigenvalue weighted by Gasteiger charge is 2.27. The van der Waals surface area contributed by atoms with Crippen LogP contribution in [0.15, 0.2) is 11.2 Å². The van der Waals surface area contributed by atoms with Crippen LogP contribution in [-0.2, 0) is 9.84 Å². The van der Waals surface area contributed by atoms with Crippen LogP contribution in [0.3, 0.4) is 0 Å². The van der Waals surface area contributed by atoms with Gasteiger partial charge in [-0.05, 0) is 24.0 Å². The van der Waals surface area contributed by atoms with E-state index in [1.54, 1.807) is 6.20 Å². The zero-order chi connectivity index (χ0) is 11.9. The molecule has 0 bridgehead atoms.